The Morgan fingerprint density at radius 2 is 0.782 bits per heavy atom. The summed E-state index contributed by atoms with van der Waals surface area (Å²) in [5, 5.41) is 43.4. The second-order valence-corrected chi connectivity index (χ2v) is 16.8. The summed E-state index contributed by atoms with van der Waals surface area (Å²) < 4.78 is 0. The van der Waals surface area contributed by atoms with Crippen LogP contribution in [0.1, 0.15) is 251 Å². The zero-order valence-corrected chi connectivity index (χ0v) is 36.7. The largest absolute Gasteiger partial charge is 0.394 e. The monoisotopic (exact) mass is 778 g/mol. The highest BCUT2D eigenvalue weighted by Crippen LogP contribution is 2.17. The van der Waals surface area contributed by atoms with E-state index in [0.717, 1.165) is 44.9 Å². The molecule has 4 unspecified atom stereocenters. The molecule has 1 amide bonds. The maximum Gasteiger partial charge on any atom is 0.249 e. The van der Waals surface area contributed by atoms with Gasteiger partial charge in [-0.3, -0.25) is 4.79 Å². The van der Waals surface area contributed by atoms with Crippen LogP contribution >= 0.6 is 0 Å². The Bertz CT molecular complexity index is 832. The molecular weight excluding hydrogens is 683 g/mol. The van der Waals surface area contributed by atoms with Crippen molar-refractivity contribution < 1.29 is 25.2 Å². The summed E-state index contributed by atoms with van der Waals surface area (Å²) in [5.74, 6) is -0.585. The van der Waals surface area contributed by atoms with E-state index >= 15 is 0 Å². The first kappa shape index (κ1) is 53.8. The van der Waals surface area contributed by atoms with Crippen LogP contribution in [0.15, 0.2) is 24.3 Å². The summed E-state index contributed by atoms with van der Waals surface area (Å²) in [6.45, 7) is 4.00. The molecule has 0 aliphatic carbocycles. The Hall–Kier alpha value is -1.21. The van der Waals surface area contributed by atoms with Gasteiger partial charge in [-0.15, -0.1) is 0 Å². The average Bonchev–Trinajstić information content (AvgIpc) is 3.19. The molecule has 55 heavy (non-hydrogen) atoms. The zero-order valence-electron chi connectivity index (χ0n) is 36.7. The fourth-order valence-corrected chi connectivity index (χ4v) is 7.55. The maximum absolute atomic E-state index is 12.5. The number of hydrogen-bond donors (Lipinski definition) is 5. The third kappa shape index (κ3) is 38.1. The fourth-order valence-electron chi connectivity index (χ4n) is 7.55. The highest BCUT2D eigenvalue weighted by molar-refractivity contribution is 5.80. The number of rotatable bonds is 44. The van der Waals surface area contributed by atoms with Crippen molar-refractivity contribution in [3.8, 4) is 0 Å². The molecule has 0 rings (SSSR count). The van der Waals surface area contributed by atoms with Crippen molar-refractivity contribution >= 4 is 5.91 Å². The van der Waals surface area contributed by atoms with Crippen molar-refractivity contribution in [3.63, 3.8) is 0 Å². The van der Waals surface area contributed by atoms with Crippen LogP contribution in [-0.2, 0) is 4.79 Å². The maximum atomic E-state index is 12.5. The van der Waals surface area contributed by atoms with E-state index in [-0.39, 0.29) is 0 Å². The lowest BCUT2D eigenvalue weighted by atomic mass is 9.99. The van der Waals surface area contributed by atoms with Crippen LogP contribution in [0.4, 0.5) is 0 Å². The van der Waals surface area contributed by atoms with E-state index in [1.54, 1.807) is 0 Å². The van der Waals surface area contributed by atoms with Gasteiger partial charge >= 0.3 is 0 Å². The Morgan fingerprint density at radius 1 is 0.455 bits per heavy atom. The third-order valence-electron chi connectivity index (χ3n) is 11.4. The van der Waals surface area contributed by atoms with Crippen molar-refractivity contribution in [3.05, 3.63) is 24.3 Å². The molecule has 6 heteroatoms. The third-order valence-corrected chi connectivity index (χ3v) is 11.4. The van der Waals surface area contributed by atoms with E-state index in [1.165, 1.54) is 180 Å². The molecule has 0 saturated heterocycles. The topological polar surface area (TPSA) is 110 Å². The van der Waals surface area contributed by atoms with Gasteiger partial charge in [0.1, 0.15) is 12.2 Å². The van der Waals surface area contributed by atoms with Gasteiger partial charge in [-0.05, 0) is 44.9 Å². The van der Waals surface area contributed by atoms with Gasteiger partial charge in [-0.1, -0.05) is 231 Å². The van der Waals surface area contributed by atoms with Crippen molar-refractivity contribution in [1.82, 2.24) is 5.32 Å². The summed E-state index contributed by atoms with van der Waals surface area (Å²) >= 11 is 0. The number of hydrogen-bond acceptors (Lipinski definition) is 5. The number of aliphatic hydroxyl groups excluding tert-OH is 4. The normalized spacial score (nSPS) is 14.2. The van der Waals surface area contributed by atoms with Crippen LogP contribution in [0.5, 0.6) is 0 Å². The molecule has 0 bridgehead atoms. The SMILES string of the molecule is CCCCCCCCCCC/C=C\C/C=C\CCCCCCCCCCCCCCCCCCC(O)C(=O)NC(CO)C(O)C(O)CCCCCCCCC. The highest BCUT2D eigenvalue weighted by Gasteiger charge is 2.28. The molecule has 0 saturated carbocycles. The van der Waals surface area contributed by atoms with Gasteiger partial charge < -0.3 is 25.7 Å². The van der Waals surface area contributed by atoms with Gasteiger partial charge in [0.2, 0.25) is 5.91 Å². The second kappa shape index (κ2) is 43.9. The van der Waals surface area contributed by atoms with Crippen LogP contribution in [0.25, 0.3) is 0 Å². The lowest BCUT2D eigenvalue weighted by Gasteiger charge is -2.27. The lowest BCUT2D eigenvalue weighted by molar-refractivity contribution is -0.132. The zero-order chi connectivity index (χ0) is 40.3. The van der Waals surface area contributed by atoms with E-state index in [9.17, 15) is 25.2 Å². The molecule has 5 N–H and O–H groups in total. The van der Waals surface area contributed by atoms with Gasteiger partial charge in [-0.2, -0.15) is 0 Å². The standard InChI is InChI=1S/C49H95NO5/c1-3-5-7-9-11-12-13-14-15-16-17-18-19-20-21-22-23-24-25-26-27-28-29-30-31-32-33-34-35-37-39-41-43-47(53)49(55)50-45(44-51)48(54)46(52)42-40-38-36-10-8-6-4-2/h17-18,20-21,45-48,51-54H,3-16,19,22-44H2,1-2H3,(H,50,55)/b18-17-,21-20-. The van der Waals surface area contributed by atoms with Crippen molar-refractivity contribution in [2.45, 2.75) is 276 Å². The highest BCUT2D eigenvalue weighted by atomic mass is 16.3. The van der Waals surface area contributed by atoms with Crippen LogP contribution in [-0.4, -0.2) is 57.3 Å². The first-order chi connectivity index (χ1) is 27.0. The first-order valence-corrected chi connectivity index (χ1v) is 24.2. The first-order valence-electron chi connectivity index (χ1n) is 24.2. The molecule has 4 atom stereocenters. The van der Waals surface area contributed by atoms with Crippen LogP contribution in [0.3, 0.4) is 0 Å². The van der Waals surface area contributed by atoms with Crippen molar-refractivity contribution in [1.29, 1.82) is 0 Å². The van der Waals surface area contributed by atoms with Crippen molar-refractivity contribution in [2.24, 2.45) is 0 Å². The van der Waals surface area contributed by atoms with Crippen LogP contribution in [0, 0.1) is 0 Å². The number of carbonyl (C=O) groups is 1. The molecule has 0 aromatic rings. The fraction of sp³-hybridized carbons (Fsp3) is 0.898. The summed E-state index contributed by atoms with van der Waals surface area (Å²) in [5.41, 5.74) is 0. The molecular formula is C49H95NO5. The average molecular weight is 778 g/mol. The number of aliphatic hydroxyl groups is 4. The van der Waals surface area contributed by atoms with E-state index in [4.69, 9.17) is 0 Å². The van der Waals surface area contributed by atoms with E-state index < -0.39 is 36.9 Å². The number of nitrogens with one attached hydrogen (secondary N) is 1. The van der Waals surface area contributed by atoms with Crippen LogP contribution in [0.2, 0.25) is 0 Å². The lowest BCUT2D eigenvalue weighted by Crippen LogP contribution is -2.53. The van der Waals surface area contributed by atoms with Gasteiger partial charge in [0.25, 0.3) is 0 Å². The molecule has 0 aliphatic rings. The van der Waals surface area contributed by atoms with Crippen molar-refractivity contribution in [2.75, 3.05) is 6.61 Å². The molecule has 0 aliphatic heterocycles. The number of amides is 1. The summed E-state index contributed by atoms with van der Waals surface area (Å²) in [7, 11) is 0. The number of allylic oxidation sites excluding steroid dienone is 4. The number of unbranched alkanes of at least 4 members (excludes halogenated alkanes) is 31. The molecule has 0 aromatic carbocycles. The Balaban J connectivity index is 3.52. The molecule has 0 radical (unpaired) electrons. The van der Waals surface area contributed by atoms with Gasteiger partial charge in [-0.25, -0.2) is 0 Å². The van der Waals surface area contributed by atoms with E-state index in [1.807, 2.05) is 0 Å². The van der Waals surface area contributed by atoms with E-state index in [2.05, 4.69) is 43.5 Å². The molecule has 6 nitrogen and oxygen atoms in total. The van der Waals surface area contributed by atoms with Gasteiger partial charge in [0.05, 0.1) is 18.8 Å². The van der Waals surface area contributed by atoms with Crippen LogP contribution < -0.4 is 5.32 Å². The minimum Gasteiger partial charge on any atom is -0.394 e. The quantitative estimate of drug-likeness (QED) is 0.0313. The minimum atomic E-state index is -1.25. The predicted molar refractivity (Wildman–Crippen MR) is 237 cm³/mol. The summed E-state index contributed by atoms with van der Waals surface area (Å²) in [4.78, 5) is 12.5. The Kier molecular flexibility index (Phi) is 42.9. The summed E-state index contributed by atoms with van der Waals surface area (Å²) in [6, 6.07) is -0.980. The number of carbonyl (C=O) groups excluding carboxylic acids is 1. The Morgan fingerprint density at radius 3 is 1.15 bits per heavy atom. The molecule has 326 valence electrons. The smallest absolute Gasteiger partial charge is 0.249 e. The second-order valence-electron chi connectivity index (χ2n) is 16.8. The van der Waals surface area contributed by atoms with Gasteiger partial charge in [0, 0.05) is 0 Å². The van der Waals surface area contributed by atoms with E-state index in [0.29, 0.717) is 12.8 Å². The van der Waals surface area contributed by atoms with Gasteiger partial charge in [0.15, 0.2) is 0 Å². The molecule has 0 aromatic heterocycles. The molecule has 0 fully saturated rings. The molecule has 0 spiro atoms. The Labute approximate surface area is 342 Å². The summed E-state index contributed by atoms with van der Waals surface area (Å²) in [6.07, 6.45) is 51.2. The molecule has 0 heterocycles. The minimum absolute atomic E-state index is 0.371. The predicted octanol–water partition coefficient (Wildman–Crippen LogP) is 13.1.